The lowest BCUT2D eigenvalue weighted by Crippen LogP contribution is -2.46. The van der Waals surface area contributed by atoms with Crippen LogP contribution >= 0.6 is 0 Å². The fourth-order valence-corrected chi connectivity index (χ4v) is 3.62. The number of para-hydroxylation sites is 1. The lowest BCUT2D eigenvalue weighted by atomic mass is 10.0. The van der Waals surface area contributed by atoms with Crippen molar-refractivity contribution < 1.29 is 9.53 Å². The molecule has 2 aromatic rings. The van der Waals surface area contributed by atoms with Gasteiger partial charge < -0.3 is 9.64 Å². The maximum absolute atomic E-state index is 13.2. The van der Waals surface area contributed by atoms with Gasteiger partial charge in [-0.05, 0) is 49.9 Å². The van der Waals surface area contributed by atoms with Crippen LogP contribution in [0.2, 0.25) is 0 Å². The van der Waals surface area contributed by atoms with E-state index in [1.165, 1.54) is 0 Å². The molecule has 1 aliphatic carbocycles. The molecule has 2 unspecified atom stereocenters. The predicted molar refractivity (Wildman–Crippen MR) is 103 cm³/mol. The minimum atomic E-state index is -0.219. The third kappa shape index (κ3) is 4.12. The highest BCUT2D eigenvalue weighted by atomic mass is 16.5. The molecule has 2 heterocycles. The van der Waals surface area contributed by atoms with Crippen LogP contribution in [0.3, 0.4) is 0 Å². The zero-order chi connectivity index (χ0) is 18.6. The van der Waals surface area contributed by atoms with Crippen molar-refractivity contribution in [3.05, 3.63) is 59.9 Å². The Hall–Kier alpha value is -2.44. The van der Waals surface area contributed by atoms with Crippen molar-refractivity contribution in [3.8, 4) is 5.75 Å². The SMILES string of the molecule is CCOc1ccccc1CN(C(=O)C1CC(c2ccncc2)NN1)C1CC1. The summed E-state index contributed by atoms with van der Waals surface area (Å²) in [4.78, 5) is 19.3. The quantitative estimate of drug-likeness (QED) is 0.788. The van der Waals surface area contributed by atoms with Gasteiger partial charge in [-0.3, -0.25) is 9.78 Å². The first kappa shape index (κ1) is 17.9. The van der Waals surface area contributed by atoms with E-state index in [1.54, 1.807) is 12.4 Å². The van der Waals surface area contributed by atoms with E-state index >= 15 is 0 Å². The zero-order valence-electron chi connectivity index (χ0n) is 15.6. The van der Waals surface area contributed by atoms with E-state index < -0.39 is 0 Å². The van der Waals surface area contributed by atoms with Gasteiger partial charge in [-0.1, -0.05) is 18.2 Å². The number of ether oxygens (including phenoxy) is 1. The minimum Gasteiger partial charge on any atom is -0.494 e. The highest BCUT2D eigenvalue weighted by molar-refractivity contribution is 5.83. The summed E-state index contributed by atoms with van der Waals surface area (Å²) in [5, 5.41) is 0. The number of aromatic nitrogens is 1. The standard InChI is InChI=1S/C21H26N4O2/c1-2-27-20-6-4-3-5-16(20)14-25(17-7-8-17)21(26)19-13-18(23-24-19)15-9-11-22-12-10-15/h3-6,9-12,17-19,23-24H,2,7-8,13-14H2,1H3. The Kier molecular flexibility index (Phi) is 5.36. The molecule has 1 saturated heterocycles. The van der Waals surface area contributed by atoms with Crippen LogP contribution in [0, 0.1) is 0 Å². The van der Waals surface area contributed by atoms with Gasteiger partial charge in [0.2, 0.25) is 5.91 Å². The van der Waals surface area contributed by atoms with Crippen molar-refractivity contribution in [2.75, 3.05) is 6.61 Å². The molecule has 4 rings (SSSR count). The summed E-state index contributed by atoms with van der Waals surface area (Å²) in [5.41, 5.74) is 8.68. The summed E-state index contributed by atoms with van der Waals surface area (Å²) >= 11 is 0. The molecule has 2 fully saturated rings. The van der Waals surface area contributed by atoms with Gasteiger partial charge in [0.05, 0.1) is 6.61 Å². The Morgan fingerprint density at radius 1 is 1.19 bits per heavy atom. The largest absolute Gasteiger partial charge is 0.494 e. The monoisotopic (exact) mass is 366 g/mol. The molecule has 142 valence electrons. The Morgan fingerprint density at radius 3 is 2.70 bits per heavy atom. The Labute approximate surface area is 159 Å². The summed E-state index contributed by atoms with van der Waals surface area (Å²) in [6, 6.07) is 12.2. The molecule has 0 spiro atoms. The second-order valence-corrected chi connectivity index (χ2v) is 7.15. The molecule has 6 heteroatoms. The number of hydrogen-bond donors (Lipinski definition) is 2. The zero-order valence-corrected chi connectivity index (χ0v) is 15.6. The number of amides is 1. The maximum atomic E-state index is 13.2. The molecule has 1 aliphatic heterocycles. The summed E-state index contributed by atoms with van der Waals surface area (Å²) in [7, 11) is 0. The molecule has 0 bridgehead atoms. The van der Waals surface area contributed by atoms with Gasteiger partial charge in [0.15, 0.2) is 0 Å². The first-order valence-corrected chi connectivity index (χ1v) is 9.68. The predicted octanol–water partition coefficient (Wildman–Crippen LogP) is 2.58. The first-order chi connectivity index (χ1) is 13.3. The van der Waals surface area contributed by atoms with Gasteiger partial charge in [-0.25, -0.2) is 10.9 Å². The normalized spacial score (nSPS) is 21.8. The number of hydrazine groups is 1. The molecule has 6 nitrogen and oxygen atoms in total. The van der Waals surface area contributed by atoms with Crippen LogP contribution in [0.25, 0.3) is 0 Å². The van der Waals surface area contributed by atoms with E-state index in [2.05, 4.69) is 15.8 Å². The van der Waals surface area contributed by atoms with Gasteiger partial charge in [-0.2, -0.15) is 0 Å². The number of hydrogen-bond acceptors (Lipinski definition) is 5. The molecule has 1 aromatic heterocycles. The summed E-state index contributed by atoms with van der Waals surface area (Å²) in [6.07, 6.45) is 6.47. The third-order valence-electron chi connectivity index (χ3n) is 5.19. The molecule has 0 radical (unpaired) electrons. The van der Waals surface area contributed by atoms with Crippen molar-refractivity contribution in [1.82, 2.24) is 20.7 Å². The molecule has 27 heavy (non-hydrogen) atoms. The number of carbonyl (C=O) groups excluding carboxylic acids is 1. The van der Waals surface area contributed by atoms with Gasteiger partial charge in [0, 0.05) is 36.6 Å². The van der Waals surface area contributed by atoms with Gasteiger partial charge in [0.1, 0.15) is 11.8 Å². The van der Waals surface area contributed by atoms with Crippen molar-refractivity contribution in [2.45, 2.75) is 50.9 Å². The summed E-state index contributed by atoms with van der Waals surface area (Å²) in [5.74, 6) is 1.03. The number of rotatable bonds is 7. The number of nitrogens with one attached hydrogen (secondary N) is 2. The number of carbonyl (C=O) groups is 1. The number of pyridine rings is 1. The highest BCUT2D eigenvalue weighted by Crippen LogP contribution is 2.32. The highest BCUT2D eigenvalue weighted by Gasteiger charge is 2.39. The van der Waals surface area contributed by atoms with E-state index in [9.17, 15) is 4.79 Å². The van der Waals surface area contributed by atoms with E-state index in [0.29, 0.717) is 19.2 Å². The number of benzene rings is 1. The van der Waals surface area contributed by atoms with Crippen LogP contribution in [0.15, 0.2) is 48.8 Å². The molecule has 2 atom stereocenters. The summed E-state index contributed by atoms with van der Waals surface area (Å²) < 4.78 is 5.75. The average molecular weight is 366 g/mol. The number of nitrogens with zero attached hydrogens (tertiary/aromatic N) is 2. The molecule has 1 saturated carbocycles. The van der Waals surface area contributed by atoms with Crippen molar-refractivity contribution in [2.24, 2.45) is 0 Å². The van der Waals surface area contributed by atoms with Gasteiger partial charge in [-0.15, -0.1) is 0 Å². The van der Waals surface area contributed by atoms with E-state index in [0.717, 1.165) is 36.1 Å². The van der Waals surface area contributed by atoms with Crippen LogP contribution in [0.4, 0.5) is 0 Å². The lowest BCUT2D eigenvalue weighted by Gasteiger charge is -2.26. The fourth-order valence-electron chi connectivity index (χ4n) is 3.62. The second-order valence-electron chi connectivity index (χ2n) is 7.15. The Morgan fingerprint density at radius 2 is 1.96 bits per heavy atom. The van der Waals surface area contributed by atoms with Crippen LogP contribution in [0.1, 0.15) is 43.4 Å². The molecular formula is C21H26N4O2. The van der Waals surface area contributed by atoms with E-state index in [-0.39, 0.29) is 18.0 Å². The molecular weight excluding hydrogens is 340 g/mol. The van der Waals surface area contributed by atoms with Crippen LogP contribution in [-0.4, -0.2) is 34.5 Å². The lowest BCUT2D eigenvalue weighted by molar-refractivity contribution is -0.134. The maximum Gasteiger partial charge on any atom is 0.241 e. The van der Waals surface area contributed by atoms with E-state index in [4.69, 9.17) is 4.74 Å². The molecule has 2 aliphatic rings. The average Bonchev–Trinajstić information content (AvgIpc) is 3.43. The minimum absolute atomic E-state index is 0.124. The van der Waals surface area contributed by atoms with Gasteiger partial charge in [0.25, 0.3) is 0 Å². The molecule has 1 aromatic carbocycles. The van der Waals surface area contributed by atoms with Crippen LogP contribution in [0.5, 0.6) is 5.75 Å². The molecule has 2 N–H and O–H groups in total. The third-order valence-corrected chi connectivity index (χ3v) is 5.19. The van der Waals surface area contributed by atoms with Crippen LogP contribution in [-0.2, 0) is 11.3 Å². The van der Waals surface area contributed by atoms with Crippen LogP contribution < -0.4 is 15.6 Å². The molecule has 1 amide bonds. The summed E-state index contributed by atoms with van der Waals surface area (Å²) in [6.45, 7) is 3.20. The van der Waals surface area contributed by atoms with Gasteiger partial charge >= 0.3 is 0 Å². The topological polar surface area (TPSA) is 66.5 Å². The Balaban J connectivity index is 1.46. The fraction of sp³-hybridized carbons (Fsp3) is 0.429. The van der Waals surface area contributed by atoms with E-state index in [1.807, 2.05) is 48.2 Å². The van der Waals surface area contributed by atoms with Crippen molar-refractivity contribution in [3.63, 3.8) is 0 Å². The van der Waals surface area contributed by atoms with Crippen molar-refractivity contribution in [1.29, 1.82) is 0 Å². The second kappa shape index (κ2) is 8.06. The smallest absolute Gasteiger partial charge is 0.241 e. The van der Waals surface area contributed by atoms with Crippen molar-refractivity contribution >= 4 is 5.91 Å². The Bertz CT molecular complexity index is 779. The first-order valence-electron chi connectivity index (χ1n) is 9.68.